The maximum atomic E-state index is 11.5. The highest BCUT2D eigenvalue weighted by Crippen LogP contribution is 2.24. The zero-order valence-corrected chi connectivity index (χ0v) is 10.9. The van der Waals surface area contributed by atoms with Crippen LogP contribution in [-0.2, 0) is 7.05 Å². The summed E-state index contributed by atoms with van der Waals surface area (Å²) in [6, 6.07) is 8.75. The molecular formula is C14H9N3O4. The number of aryl methyl sites for hydroxylation is 1. The van der Waals surface area contributed by atoms with Crippen molar-refractivity contribution in [1.82, 2.24) is 14.7 Å². The number of hydrogen-bond donors (Lipinski definition) is 0. The first kappa shape index (κ1) is 11.7. The smallest absolute Gasteiger partial charge is 0.419 e. The van der Waals surface area contributed by atoms with Gasteiger partial charge in [-0.1, -0.05) is 5.16 Å². The highest BCUT2D eigenvalue weighted by molar-refractivity contribution is 5.78. The Hall–Kier alpha value is -3.09. The Bertz CT molecular complexity index is 975. The Morgan fingerprint density at radius 2 is 2.14 bits per heavy atom. The number of rotatable bonds is 2. The number of hydrogen-bond acceptors (Lipinski definition) is 6. The monoisotopic (exact) mass is 283 g/mol. The van der Waals surface area contributed by atoms with Gasteiger partial charge in [-0.25, -0.2) is 4.79 Å². The number of nitrogens with zero attached hydrogens (tertiary/aromatic N) is 3. The third-order valence-corrected chi connectivity index (χ3v) is 3.21. The van der Waals surface area contributed by atoms with Crippen LogP contribution in [0.5, 0.6) is 0 Å². The maximum absolute atomic E-state index is 11.5. The number of aromatic nitrogens is 3. The molecule has 0 aliphatic heterocycles. The zero-order valence-electron chi connectivity index (χ0n) is 10.9. The molecule has 0 saturated carbocycles. The van der Waals surface area contributed by atoms with Crippen molar-refractivity contribution >= 4 is 11.1 Å². The van der Waals surface area contributed by atoms with E-state index in [4.69, 9.17) is 13.4 Å². The molecule has 7 heteroatoms. The first-order valence-corrected chi connectivity index (χ1v) is 6.20. The number of fused-ring (bicyclic) bond motifs is 1. The fourth-order valence-corrected chi connectivity index (χ4v) is 2.11. The first-order valence-electron chi connectivity index (χ1n) is 6.20. The van der Waals surface area contributed by atoms with Crippen molar-refractivity contribution in [1.29, 1.82) is 0 Å². The normalized spacial score (nSPS) is 11.3. The van der Waals surface area contributed by atoms with E-state index in [0.29, 0.717) is 34.1 Å². The molecule has 3 aromatic heterocycles. The van der Waals surface area contributed by atoms with Crippen LogP contribution < -0.4 is 5.76 Å². The van der Waals surface area contributed by atoms with Gasteiger partial charge in [0.05, 0.1) is 11.8 Å². The molecule has 1 aromatic carbocycles. The summed E-state index contributed by atoms with van der Waals surface area (Å²) in [6.07, 6.45) is 1.53. The predicted molar refractivity (Wildman–Crippen MR) is 72.4 cm³/mol. The van der Waals surface area contributed by atoms with E-state index in [1.807, 2.05) is 0 Å². The van der Waals surface area contributed by atoms with E-state index in [2.05, 4.69) is 10.1 Å². The topological polar surface area (TPSA) is 87.2 Å². The quantitative estimate of drug-likeness (QED) is 0.561. The molecule has 0 saturated heterocycles. The lowest BCUT2D eigenvalue weighted by atomic mass is 10.2. The van der Waals surface area contributed by atoms with Crippen LogP contribution in [0.25, 0.3) is 34.1 Å². The molecule has 0 aliphatic carbocycles. The van der Waals surface area contributed by atoms with Crippen molar-refractivity contribution in [3.05, 3.63) is 47.1 Å². The number of benzene rings is 1. The lowest BCUT2D eigenvalue weighted by molar-refractivity contribution is 0.417. The van der Waals surface area contributed by atoms with Crippen LogP contribution in [0.1, 0.15) is 0 Å². The Labute approximate surface area is 117 Å². The predicted octanol–water partition coefficient (Wildman–Crippen LogP) is 2.44. The van der Waals surface area contributed by atoms with E-state index in [1.165, 1.54) is 10.8 Å². The molecule has 0 atom stereocenters. The summed E-state index contributed by atoms with van der Waals surface area (Å²) in [6.45, 7) is 0. The summed E-state index contributed by atoms with van der Waals surface area (Å²) in [7, 11) is 1.65. The average molecular weight is 283 g/mol. The molecule has 0 unspecified atom stereocenters. The molecule has 21 heavy (non-hydrogen) atoms. The van der Waals surface area contributed by atoms with Crippen LogP contribution in [0.2, 0.25) is 0 Å². The molecule has 0 aliphatic rings. The molecule has 0 radical (unpaired) electrons. The zero-order chi connectivity index (χ0) is 14.4. The molecule has 7 nitrogen and oxygen atoms in total. The van der Waals surface area contributed by atoms with Crippen LogP contribution in [0.3, 0.4) is 0 Å². The van der Waals surface area contributed by atoms with Gasteiger partial charge in [0.1, 0.15) is 0 Å². The highest BCUT2D eigenvalue weighted by atomic mass is 16.5. The molecule has 4 rings (SSSR count). The van der Waals surface area contributed by atoms with Crippen molar-refractivity contribution < 1.29 is 13.4 Å². The first-order chi connectivity index (χ1) is 10.2. The van der Waals surface area contributed by atoms with Crippen LogP contribution in [0.15, 0.2) is 54.7 Å². The second-order valence-corrected chi connectivity index (χ2v) is 4.51. The summed E-state index contributed by atoms with van der Waals surface area (Å²) >= 11 is 0. The van der Waals surface area contributed by atoms with Gasteiger partial charge in [0.15, 0.2) is 11.3 Å². The van der Waals surface area contributed by atoms with Crippen molar-refractivity contribution in [2.75, 3.05) is 0 Å². The minimum absolute atomic E-state index is 0.296. The standard InChI is InChI=1S/C14H9N3O4/c1-17-9-5-4-8(7-11(9)20-14(17)18)12-15-13(21-16-12)10-3-2-6-19-10/h2-7H,1H3. The fourth-order valence-electron chi connectivity index (χ4n) is 2.11. The highest BCUT2D eigenvalue weighted by Gasteiger charge is 2.14. The van der Waals surface area contributed by atoms with Crippen LogP contribution in [0, 0.1) is 0 Å². The maximum Gasteiger partial charge on any atom is 0.419 e. The van der Waals surface area contributed by atoms with Gasteiger partial charge in [-0.3, -0.25) is 4.57 Å². The number of furan rings is 1. The molecular weight excluding hydrogens is 274 g/mol. The Morgan fingerprint density at radius 1 is 1.24 bits per heavy atom. The van der Waals surface area contributed by atoms with Crippen molar-refractivity contribution in [3.63, 3.8) is 0 Å². The van der Waals surface area contributed by atoms with Crippen LogP contribution >= 0.6 is 0 Å². The van der Waals surface area contributed by atoms with Gasteiger partial charge in [0.25, 0.3) is 5.89 Å². The molecule has 0 spiro atoms. The van der Waals surface area contributed by atoms with Crippen LogP contribution in [0.4, 0.5) is 0 Å². The van der Waals surface area contributed by atoms with Crippen molar-refractivity contribution in [3.8, 4) is 23.0 Å². The molecule has 4 aromatic rings. The summed E-state index contributed by atoms with van der Waals surface area (Å²) in [4.78, 5) is 15.7. The van der Waals surface area contributed by atoms with Gasteiger partial charge < -0.3 is 13.4 Å². The molecule has 0 fully saturated rings. The third kappa shape index (κ3) is 1.78. The van der Waals surface area contributed by atoms with Gasteiger partial charge in [-0.05, 0) is 30.3 Å². The van der Waals surface area contributed by atoms with Crippen molar-refractivity contribution in [2.24, 2.45) is 7.05 Å². The lowest BCUT2D eigenvalue weighted by Crippen LogP contribution is -2.08. The van der Waals surface area contributed by atoms with E-state index < -0.39 is 5.76 Å². The van der Waals surface area contributed by atoms with Gasteiger partial charge >= 0.3 is 5.76 Å². The third-order valence-electron chi connectivity index (χ3n) is 3.21. The summed E-state index contributed by atoms with van der Waals surface area (Å²) in [5, 5.41) is 3.91. The minimum Gasteiger partial charge on any atom is -0.459 e. The Balaban J connectivity index is 1.81. The van der Waals surface area contributed by atoms with Gasteiger partial charge in [0.2, 0.25) is 5.82 Å². The molecule has 0 bridgehead atoms. The molecule has 0 N–H and O–H groups in total. The van der Waals surface area contributed by atoms with E-state index >= 15 is 0 Å². The summed E-state index contributed by atoms with van der Waals surface area (Å²) < 4.78 is 16.9. The van der Waals surface area contributed by atoms with Crippen LogP contribution in [-0.4, -0.2) is 14.7 Å². The molecule has 0 amide bonds. The Morgan fingerprint density at radius 3 is 2.95 bits per heavy atom. The largest absolute Gasteiger partial charge is 0.459 e. The average Bonchev–Trinajstić information content (AvgIpc) is 3.20. The van der Waals surface area contributed by atoms with Gasteiger partial charge in [-0.2, -0.15) is 4.98 Å². The Kier molecular flexibility index (Phi) is 2.34. The van der Waals surface area contributed by atoms with E-state index in [9.17, 15) is 4.79 Å². The fraction of sp³-hybridized carbons (Fsp3) is 0.0714. The van der Waals surface area contributed by atoms with E-state index in [1.54, 1.807) is 37.4 Å². The van der Waals surface area contributed by atoms with E-state index in [-0.39, 0.29) is 0 Å². The second kappa shape index (κ2) is 4.20. The number of oxazole rings is 1. The lowest BCUT2D eigenvalue weighted by Gasteiger charge is -1.94. The van der Waals surface area contributed by atoms with Gasteiger partial charge in [-0.15, -0.1) is 0 Å². The summed E-state index contributed by atoms with van der Waals surface area (Å²) in [5.74, 6) is 0.784. The molecule has 3 heterocycles. The van der Waals surface area contributed by atoms with E-state index in [0.717, 1.165) is 0 Å². The second-order valence-electron chi connectivity index (χ2n) is 4.51. The molecule has 104 valence electrons. The minimum atomic E-state index is -0.411. The van der Waals surface area contributed by atoms with Crippen molar-refractivity contribution in [2.45, 2.75) is 0 Å². The van der Waals surface area contributed by atoms with Gasteiger partial charge in [0, 0.05) is 12.6 Å². The SMILES string of the molecule is Cn1c(=O)oc2cc(-c3noc(-c4ccco4)n3)ccc21. The summed E-state index contributed by atoms with van der Waals surface area (Å²) in [5.41, 5.74) is 1.88.